The van der Waals surface area contributed by atoms with Gasteiger partial charge in [-0.15, -0.1) is 0 Å². The summed E-state index contributed by atoms with van der Waals surface area (Å²) in [5.41, 5.74) is 0.866. The van der Waals surface area contributed by atoms with E-state index in [0.29, 0.717) is 0 Å². The summed E-state index contributed by atoms with van der Waals surface area (Å²) in [6, 6.07) is 3.89. The lowest BCUT2D eigenvalue weighted by molar-refractivity contribution is 0.130. The number of aromatic nitrogens is 1. The number of hydrogen-bond donors (Lipinski definition) is 1. The van der Waals surface area contributed by atoms with E-state index in [1.165, 1.54) is 0 Å². The minimum Gasteiger partial charge on any atom is -0.488 e. The lowest BCUT2D eigenvalue weighted by Gasteiger charge is -2.21. The largest absolute Gasteiger partial charge is 0.488 e. The van der Waals surface area contributed by atoms with Gasteiger partial charge in [0, 0.05) is 18.8 Å². The molecule has 0 bridgehead atoms. The Morgan fingerprint density at radius 2 is 2.12 bits per heavy atom. The molecule has 0 saturated heterocycles. The van der Waals surface area contributed by atoms with Crippen LogP contribution in [0.15, 0.2) is 18.3 Å². The number of nitrogens with one attached hydrogen (secondary N) is 1. The first-order valence-corrected chi connectivity index (χ1v) is 5.86. The van der Waals surface area contributed by atoms with Crippen molar-refractivity contribution in [1.29, 1.82) is 0 Å². The van der Waals surface area contributed by atoms with Crippen LogP contribution in [0.25, 0.3) is 0 Å². The maximum absolute atomic E-state index is 5.78. The van der Waals surface area contributed by atoms with Crippen molar-refractivity contribution < 1.29 is 4.74 Å². The fourth-order valence-corrected chi connectivity index (χ4v) is 1.36. The van der Waals surface area contributed by atoms with Crippen molar-refractivity contribution >= 4 is 0 Å². The second-order valence-corrected chi connectivity index (χ2v) is 4.87. The van der Waals surface area contributed by atoms with Crippen molar-refractivity contribution in [1.82, 2.24) is 10.3 Å². The van der Waals surface area contributed by atoms with Gasteiger partial charge in [0.05, 0.1) is 5.69 Å². The third kappa shape index (κ3) is 5.12. The fourth-order valence-electron chi connectivity index (χ4n) is 1.36. The molecule has 0 atom stereocenters. The van der Waals surface area contributed by atoms with E-state index in [4.69, 9.17) is 4.74 Å². The van der Waals surface area contributed by atoms with Gasteiger partial charge in [-0.25, -0.2) is 0 Å². The van der Waals surface area contributed by atoms with Crippen LogP contribution in [-0.4, -0.2) is 17.1 Å². The van der Waals surface area contributed by atoms with E-state index >= 15 is 0 Å². The van der Waals surface area contributed by atoms with Crippen molar-refractivity contribution in [3.63, 3.8) is 0 Å². The standard InChI is InChI=1S/C13H22N2O/c1-5-7-14-10-11-9-12(6-8-15-11)16-13(2,3)4/h6,8-9,14H,5,7,10H2,1-4H3. The molecular weight excluding hydrogens is 200 g/mol. The Kier molecular flexibility index (Phi) is 4.74. The summed E-state index contributed by atoms with van der Waals surface area (Å²) in [4.78, 5) is 4.30. The molecule has 0 spiro atoms. The van der Waals surface area contributed by atoms with E-state index < -0.39 is 0 Å². The van der Waals surface area contributed by atoms with E-state index in [1.54, 1.807) is 6.20 Å². The average Bonchev–Trinajstić information content (AvgIpc) is 2.16. The molecule has 0 aliphatic carbocycles. The van der Waals surface area contributed by atoms with Crippen LogP contribution in [0.2, 0.25) is 0 Å². The molecule has 3 heteroatoms. The van der Waals surface area contributed by atoms with Crippen molar-refractivity contribution in [2.24, 2.45) is 0 Å². The second-order valence-electron chi connectivity index (χ2n) is 4.87. The molecule has 1 aromatic heterocycles. The van der Waals surface area contributed by atoms with Crippen LogP contribution in [-0.2, 0) is 6.54 Å². The highest BCUT2D eigenvalue weighted by molar-refractivity contribution is 5.23. The lowest BCUT2D eigenvalue weighted by atomic mass is 10.2. The minimum absolute atomic E-state index is 0.157. The summed E-state index contributed by atoms with van der Waals surface area (Å²) in [7, 11) is 0. The van der Waals surface area contributed by atoms with Gasteiger partial charge in [-0.3, -0.25) is 4.98 Å². The summed E-state index contributed by atoms with van der Waals surface area (Å²) < 4.78 is 5.78. The minimum atomic E-state index is -0.157. The molecular formula is C13H22N2O. The van der Waals surface area contributed by atoms with Crippen LogP contribution in [0.5, 0.6) is 5.75 Å². The molecule has 0 aliphatic rings. The van der Waals surface area contributed by atoms with Gasteiger partial charge in [0.2, 0.25) is 0 Å². The molecule has 90 valence electrons. The Hall–Kier alpha value is -1.09. The summed E-state index contributed by atoms with van der Waals surface area (Å²) in [6.07, 6.45) is 2.93. The Balaban J connectivity index is 2.57. The van der Waals surface area contributed by atoms with E-state index in [-0.39, 0.29) is 5.60 Å². The Morgan fingerprint density at radius 1 is 1.38 bits per heavy atom. The first-order valence-electron chi connectivity index (χ1n) is 5.86. The number of rotatable bonds is 5. The lowest BCUT2D eigenvalue weighted by Crippen LogP contribution is -2.23. The van der Waals surface area contributed by atoms with E-state index in [1.807, 2.05) is 32.9 Å². The number of nitrogens with zero attached hydrogens (tertiary/aromatic N) is 1. The maximum atomic E-state index is 5.78. The van der Waals surface area contributed by atoms with Crippen molar-refractivity contribution in [2.45, 2.75) is 46.3 Å². The van der Waals surface area contributed by atoms with Gasteiger partial charge in [-0.1, -0.05) is 6.92 Å². The zero-order valence-corrected chi connectivity index (χ0v) is 10.7. The first kappa shape index (κ1) is 13.0. The number of pyridine rings is 1. The predicted molar refractivity (Wildman–Crippen MR) is 66.6 cm³/mol. The highest BCUT2D eigenvalue weighted by Gasteiger charge is 2.11. The third-order valence-electron chi connectivity index (χ3n) is 1.94. The van der Waals surface area contributed by atoms with Crippen LogP contribution in [0.4, 0.5) is 0 Å². The van der Waals surface area contributed by atoms with Gasteiger partial charge in [-0.05, 0) is 39.8 Å². The quantitative estimate of drug-likeness (QED) is 0.778. The van der Waals surface area contributed by atoms with Crippen LogP contribution in [0, 0.1) is 0 Å². The smallest absolute Gasteiger partial charge is 0.123 e. The molecule has 0 amide bonds. The van der Waals surface area contributed by atoms with Crippen LogP contribution >= 0.6 is 0 Å². The number of ether oxygens (including phenoxy) is 1. The molecule has 0 radical (unpaired) electrons. The fraction of sp³-hybridized carbons (Fsp3) is 0.615. The molecule has 0 aliphatic heterocycles. The molecule has 16 heavy (non-hydrogen) atoms. The monoisotopic (exact) mass is 222 g/mol. The number of hydrogen-bond acceptors (Lipinski definition) is 3. The van der Waals surface area contributed by atoms with Gasteiger partial charge >= 0.3 is 0 Å². The van der Waals surface area contributed by atoms with Gasteiger partial charge in [0.15, 0.2) is 0 Å². The second kappa shape index (κ2) is 5.85. The van der Waals surface area contributed by atoms with Gasteiger partial charge in [-0.2, -0.15) is 0 Å². The summed E-state index contributed by atoms with van der Waals surface area (Å²) in [5, 5.41) is 3.32. The Morgan fingerprint density at radius 3 is 2.75 bits per heavy atom. The average molecular weight is 222 g/mol. The van der Waals surface area contributed by atoms with Crippen molar-refractivity contribution in [3.8, 4) is 5.75 Å². The summed E-state index contributed by atoms with van der Waals surface area (Å²) in [6.45, 7) is 10.1. The highest BCUT2D eigenvalue weighted by Crippen LogP contribution is 2.17. The topological polar surface area (TPSA) is 34.1 Å². The molecule has 0 saturated carbocycles. The molecule has 0 aromatic carbocycles. The molecule has 1 heterocycles. The molecule has 0 unspecified atom stereocenters. The molecule has 0 fully saturated rings. The van der Waals surface area contributed by atoms with E-state index in [2.05, 4.69) is 17.2 Å². The summed E-state index contributed by atoms with van der Waals surface area (Å²) in [5.74, 6) is 0.885. The first-order chi connectivity index (χ1) is 7.51. The van der Waals surface area contributed by atoms with Crippen LogP contribution in [0.1, 0.15) is 39.8 Å². The predicted octanol–water partition coefficient (Wildman–Crippen LogP) is 2.76. The maximum Gasteiger partial charge on any atom is 0.123 e. The SMILES string of the molecule is CCCNCc1cc(OC(C)(C)C)ccn1. The molecule has 1 rings (SSSR count). The van der Waals surface area contributed by atoms with Crippen LogP contribution < -0.4 is 10.1 Å². The van der Waals surface area contributed by atoms with Crippen molar-refractivity contribution in [2.75, 3.05) is 6.54 Å². The van der Waals surface area contributed by atoms with Gasteiger partial charge in [0.25, 0.3) is 0 Å². The summed E-state index contributed by atoms with van der Waals surface area (Å²) >= 11 is 0. The normalized spacial score (nSPS) is 11.5. The highest BCUT2D eigenvalue weighted by atomic mass is 16.5. The van der Waals surface area contributed by atoms with Crippen LogP contribution in [0.3, 0.4) is 0 Å². The van der Waals surface area contributed by atoms with Crippen molar-refractivity contribution in [3.05, 3.63) is 24.0 Å². The van der Waals surface area contributed by atoms with Gasteiger partial charge < -0.3 is 10.1 Å². The van der Waals surface area contributed by atoms with E-state index in [9.17, 15) is 0 Å². The third-order valence-corrected chi connectivity index (χ3v) is 1.94. The zero-order valence-electron chi connectivity index (χ0n) is 10.7. The van der Waals surface area contributed by atoms with E-state index in [0.717, 1.165) is 31.0 Å². The zero-order chi connectivity index (χ0) is 12.0. The van der Waals surface area contributed by atoms with Gasteiger partial charge in [0.1, 0.15) is 11.4 Å². The Labute approximate surface area is 98.2 Å². The molecule has 3 nitrogen and oxygen atoms in total. The Bertz CT molecular complexity index is 318. The molecule has 1 N–H and O–H groups in total. The molecule has 1 aromatic rings.